The van der Waals surface area contributed by atoms with Crippen molar-refractivity contribution in [2.45, 2.75) is 51.7 Å². The van der Waals surface area contributed by atoms with Gasteiger partial charge in [-0.1, -0.05) is 18.7 Å². The average molecular weight is 489 g/mol. The second kappa shape index (κ2) is 14.3. The number of anilines is 1. The number of nitrogens with one attached hydrogen (secondary N) is 4. The van der Waals surface area contributed by atoms with Crippen molar-refractivity contribution in [2.24, 2.45) is 0 Å². The molecule has 0 bridgehead atoms. The molecule has 190 valence electrons. The molecule has 4 amide bonds. The first-order valence-corrected chi connectivity index (χ1v) is 11.0. The lowest BCUT2D eigenvalue weighted by molar-refractivity contribution is -0.161. The summed E-state index contributed by atoms with van der Waals surface area (Å²) >= 11 is 0. The molecule has 0 heterocycles. The lowest BCUT2D eigenvalue weighted by atomic mass is 10.1. The highest BCUT2D eigenvalue weighted by molar-refractivity contribution is 6.37. The maximum absolute atomic E-state index is 12.4. The van der Waals surface area contributed by atoms with Gasteiger partial charge in [0.05, 0.1) is 0 Å². The van der Waals surface area contributed by atoms with Crippen LogP contribution in [0.2, 0.25) is 0 Å². The fraction of sp³-hybridized carbons (Fsp3) is 0.417. The monoisotopic (exact) mass is 488 g/mol. The molecule has 11 nitrogen and oxygen atoms in total. The van der Waals surface area contributed by atoms with Crippen molar-refractivity contribution in [2.75, 3.05) is 18.4 Å². The maximum atomic E-state index is 12.4. The van der Waals surface area contributed by atoms with Crippen LogP contribution in [0.5, 0.6) is 0 Å². The zero-order valence-electron chi connectivity index (χ0n) is 20.1. The van der Waals surface area contributed by atoms with Crippen molar-refractivity contribution in [3.8, 4) is 0 Å². The summed E-state index contributed by atoms with van der Waals surface area (Å²) in [4.78, 5) is 70.0. The van der Waals surface area contributed by atoms with Gasteiger partial charge in [-0.3, -0.25) is 19.2 Å². The van der Waals surface area contributed by atoms with E-state index in [9.17, 15) is 28.8 Å². The molecule has 4 N–H and O–H groups in total. The Morgan fingerprint density at radius 1 is 1.03 bits per heavy atom. The SMILES string of the molecule is C=CC(=O)NCCC(=O)N[C@@H](CC=O)C(=O)NCCc1ccc(NC(=O)C(=O)OC(C)(C)C)cc1. The minimum absolute atomic E-state index is 0.0565. The van der Waals surface area contributed by atoms with Crippen LogP contribution in [-0.2, 0) is 39.9 Å². The summed E-state index contributed by atoms with van der Waals surface area (Å²) in [7, 11) is 0. The van der Waals surface area contributed by atoms with Crippen molar-refractivity contribution < 1.29 is 33.5 Å². The minimum Gasteiger partial charge on any atom is -0.453 e. The van der Waals surface area contributed by atoms with Crippen molar-refractivity contribution in [1.82, 2.24) is 16.0 Å². The first-order chi connectivity index (χ1) is 16.4. The van der Waals surface area contributed by atoms with Crippen molar-refractivity contribution >= 4 is 41.6 Å². The Bertz CT molecular complexity index is 936. The number of carbonyl (C=O) groups excluding carboxylic acids is 6. The zero-order valence-corrected chi connectivity index (χ0v) is 20.1. The summed E-state index contributed by atoms with van der Waals surface area (Å²) in [5, 5.41) is 10.0. The van der Waals surface area contributed by atoms with Gasteiger partial charge in [-0.05, 0) is 51.0 Å². The zero-order chi connectivity index (χ0) is 26.4. The van der Waals surface area contributed by atoms with E-state index < -0.39 is 41.2 Å². The minimum atomic E-state index is -1.03. The van der Waals surface area contributed by atoms with Crippen molar-refractivity contribution in [3.63, 3.8) is 0 Å². The Labute approximate surface area is 204 Å². The molecule has 1 rings (SSSR count). The van der Waals surface area contributed by atoms with Gasteiger partial charge in [-0.2, -0.15) is 0 Å². The fourth-order valence-corrected chi connectivity index (χ4v) is 2.68. The number of esters is 1. The van der Waals surface area contributed by atoms with Crippen LogP contribution in [0, 0.1) is 0 Å². The molecule has 0 saturated heterocycles. The number of amides is 4. The van der Waals surface area contributed by atoms with Gasteiger partial charge in [-0.25, -0.2) is 4.79 Å². The standard InChI is InChI=1S/C24H32N4O7/c1-5-19(30)25-14-11-20(31)28-18(12-15-29)21(32)26-13-10-16-6-8-17(9-7-16)27-22(33)23(34)35-24(2,3)4/h5-9,15,18H,1,10-14H2,2-4H3,(H,25,30)(H,26,32)(H,27,33)(H,28,31)/t18-/m0/s1. The topological polar surface area (TPSA) is 160 Å². The molecule has 0 radical (unpaired) electrons. The highest BCUT2D eigenvalue weighted by Gasteiger charge is 2.23. The third-order valence-electron chi connectivity index (χ3n) is 4.33. The van der Waals surface area contributed by atoms with Gasteiger partial charge in [0.15, 0.2) is 0 Å². The van der Waals surface area contributed by atoms with Crippen LogP contribution in [-0.4, -0.2) is 60.6 Å². The number of ether oxygens (including phenoxy) is 1. The molecular weight excluding hydrogens is 456 g/mol. The summed E-state index contributed by atoms with van der Waals surface area (Å²) in [5.41, 5.74) is 0.473. The Balaban J connectivity index is 2.49. The van der Waals surface area contributed by atoms with Gasteiger partial charge >= 0.3 is 11.9 Å². The van der Waals surface area contributed by atoms with Crippen molar-refractivity contribution in [3.05, 3.63) is 42.5 Å². The van der Waals surface area contributed by atoms with E-state index in [1.807, 2.05) is 0 Å². The Hall–Kier alpha value is -4.02. The van der Waals surface area contributed by atoms with E-state index >= 15 is 0 Å². The predicted molar refractivity (Wildman–Crippen MR) is 128 cm³/mol. The van der Waals surface area contributed by atoms with Crippen LogP contribution in [0.25, 0.3) is 0 Å². The molecule has 0 aromatic heterocycles. The molecule has 0 fully saturated rings. The molecule has 0 aliphatic rings. The van der Waals surface area contributed by atoms with Crippen LogP contribution < -0.4 is 21.3 Å². The van der Waals surface area contributed by atoms with E-state index in [0.717, 1.165) is 11.6 Å². The third-order valence-corrected chi connectivity index (χ3v) is 4.33. The molecule has 35 heavy (non-hydrogen) atoms. The quantitative estimate of drug-likeness (QED) is 0.143. The molecule has 0 unspecified atom stereocenters. The van der Waals surface area contributed by atoms with E-state index in [4.69, 9.17) is 4.74 Å². The Morgan fingerprint density at radius 2 is 1.69 bits per heavy atom. The van der Waals surface area contributed by atoms with Gasteiger partial charge in [0.1, 0.15) is 17.9 Å². The van der Waals surface area contributed by atoms with Gasteiger partial charge in [-0.15, -0.1) is 0 Å². The Morgan fingerprint density at radius 3 is 2.26 bits per heavy atom. The summed E-state index contributed by atoms with van der Waals surface area (Å²) in [5.74, 6) is -3.28. The van der Waals surface area contributed by atoms with E-state index in [0.29, 0.717) is 18.4 Å². The van der Waals surface area contributed by atoms with Crippen molar-refractivity contribution in [1.29, 1.82) is 0 Å². The highest BCUT2D eigenvalue weighted by atomic mass is 16.6. The van der Waals surface area contributed by atoms with E-state index in [1.165, 1.54) is 0 Å². The summed E-state index contributed by atoms with van der Waals surface area (Å²) in [6, 6.07) is 5.64. The summed E-state index contributed by atoms with van der Waals surface area (Å²) in [6.07, 6.45) is 1.81. The first-order valence-electron chi connectivity index (χ1n) is 11.0. The Kier molecular flexibility index (Phi) is 11.8. The summed E-state index contributed by atoms with van der Waals surface area (Å²) in [6.45, 7) is 8.59. The average Bonchev–Trinajstić information content (AvgIpc) is 2.78. The molecule has 1 atom stereocenters. The van der Waals surface area contributed by atoms with Gasteiger partial charge < -0.3 is 30.8 Å². The van der Waals surface area contributed by atoms with Gasteiger partial charge in [0.2, 0.25) is 17.7 Å². The predicted octanol–water partition coefficient (Wildman–Crippen LogP) is 0.392. The van der Waals surface area contributed by atoms with Crippen LogP contribution >= 0.6 is 0 Å². The molecule has 0 aliphatic heterocycles. The molecular formula is C24H32N4O7. The molecule has 0 saturated carbocycles. The molecule has 1 aromatic rings. The smallest absolute Gasteiger partial charge is 0.397 e. The van der Waals surface area contributed by atoms with Crippen LogP contribution in [0.1, 0.15) is 39.2 Å². The lowest BCUT2D eigenvalue weighted by Gasteiger charge is -2.18. The van der Waals surface area contributed by atoms with E-state index in [2.05, 4.69) is 27.8 Å². The second-order valence-corrected chi connectivity index (χ2v) is 8.46. The second-order valence-electron chi connectivity index (χ2n) is 8.46. The van der Waals surface area contributed by atoms with Gasteiger partial charge in [0, 0.05) is 31.6 Å². The molecule has 1 aromatic carbocycles. The van der Waals surface area contributed by atoms with E-state index in [1.54, 1.807) is 45.0 Å². The normalized spacial score (nSPS) is 11.4. The number of hydrogen-bond acceptors (Lipinski definition) is 7. The number of aldehydes is 1. The largest absolute Gasteiger partial charge is 0.453 e. The molecule has 0 aliphatic carbocycles. The number of rotatable bonds is 12. The lowest BCUT2D eigenvalue weighted by Crippen LogP contribution is -2.47. The summed E-state index contributed by atoms with van der Waals surface area (Å²) < 4.78 is 5.01. The number of benzene rings is 1. The molecule has 0 spiro atoms. The third kappa shape index (κ3) is 12.1. The van der Waals surface area contributed by atoms with Crippen LogP contribution in [0.4, 0.5) is 5.69 Å². The van der Waals surface area contributed by atoms with Crippen LogP contribution in [0.3, 0.4) is 0 Å². The van der Waals surface area contributed by atoms with Crippen LogP contribution in [0.15, 0.2) is 36.9 Å². The first kappa shape index (κ1) is 29.0. The number of hydrogen-bond donors (Lipinski definition) is 4. The maximum Gasteiger partial charge on any atom is 0.397 e. The number of carbonyl (C=O) groups is 6. The van der Waals surface area contributed by atoms with Gasteiger partial charge in [0.25, 0.3) is 0 Å². The molecule has 11 heteroatoms. The fourth-order valence-electron chi connectivity index (χ4n) is 2.68. The van der Waals surface area contributed by atoms with E-state index in [-0.39, 0.29) is 25.9 Å². The highest BCUT2D eigenvalue weighted by Crippen LogP contribution is 2.12.